The standard InChI is InChI=1S/C22H22N4O3S/c1-2-3-11-25(15-19-8-7-12-29-19)22(28)16-26-14-18(13-23-26)24-21(27)17-30-20-9-5-4-6-10-20/h4-10,12-14H,11,15-17H2,1H3,(H,24,27). The topological polar surface area (TPSA) is 80.4 Å². The Bertz CT molecular complexity index is 1020. The van der Waals surface area contributed by atoms with Crippen molar-refractivity contribution in [3.8, 4) is 11.8 Å². The van der Waals surface area contributed by atoms with Crippen molar-refractivity contribution in [3.05, 3.63) is 66.9 Å². The molecule has 3 rings (SSSR count). The molecule has 0 atom stereocenters. The molecular weight excluding hydrogens is 400 g/mol. The summed E-state index contributed by atoms with van der Waals surface area (Å²) in [5, 5.41) is 6.98. The molecule has 8 heteroatoms. The molecule has 0 aliphatic rings. The molecule has 0 unspecified atom stereocenters. The van der Waals surface area contributed by atoms with Crippen LogP contribution in [0.4, 0.5) is 5.69 Å². The van der Waals surface area contributed by atoms with Crippen molar-refractivity contribution < 1.29 is 14.0 Å². The van der Waals surface area contributed by atoms with Gasteiger partial charge in [-0.25, -0.2) is 0 Å². The number of rotatable bonds is 9. The van der Waals surface area contributed by atoms with Crippen molar-refractivity contribution in [2.45, 2.75) is 24.9 Å². The van der Waals surface area contributed by atoms with Crippen LogP contribution in [-0.2, 0) is 22.7 Å². The van der Waals surface area contributed by atoms with Crippen LogP contribution >= 0.6 is 11.8 Å². The van der Waals surface area contributed by atoms with E-state index in [2.05, 4.69) is 22.3 Å². The van der Waals surface area contributed by atoms with Crippen LogP contribution in [0.3, 0.4) is 0 Å². The highest BCUT2D eigenvalue weighted by Gasteiger charge is 2.16. The van der Waals surface area contributed by atoms with Gasteiger partial charge in [0.1, 0.15) is 12.3 Å². The summed E-state index contributed by atoms with van der Waals surface area (Å²) in [6.07, 6.45) is 4.74. The third kappa shape index (κ3) is 6.57. The number of aromatic nitrogens is 2. The minimum Gasteiger partial charge on any atom is -0.467 e. The van der Waals surface area contributed by atoms with Gasteiger partial charge in [0.05, 0.1) is 37.0 Å². The lowest BCUT2D eigenvalue weighted by Crippen LogP contribution is -2.33. The van der Waals surface area contributed by atoms with Crippen molar-refractivity contribution in [1.29, 1.82) is 0 Å². The molecule has 30 heavy (non-hydrogen) atoms. The minimum atomic E-state index is -0.144. The average molecular weight is 423 g/mol. The highest BCUT2D eigenvalue weighted by atomic mass is 32.2. The number of hydrogen-bond donors (Lipinski definition) is 1. The zero-order valence-electron chi connectivity index (χ0n) is 16.6. The molecule has 3 aromatic rings. The Hall–Kier alpha value is -3.44. The Morgan fingerprint density at radius 2 is 2.07 bits per heavy atom. The van der Waals surface area contributed by atoms with Gasteiger partial charge in [-0.1, -0.05) is 24.1 Å². The van der Waals surface area contributed by atoms with E-state index in [1.165, 1.54) is 22.6 Å². The number of thioether (sulfide) groups is 1. The quantitative estimate of drug-likeness (QED) is 0.423. The van der Waals surface area contributed by atoms with Gasteiger partial charge in [0, 0.05) is 11.1 Å². The highest BCUT2D eigenvalue weighted by molar-refractivity contribution is 8.00. The summed E-state index contributed by atoms with van der Waals surface area (Å²) in [7, 11) is 0. The third-order valence-electron chi connectivity index (χ3n) is 4.05. The van der Waals surface area contributed by atoms with Crippen LogP contribution in [-0.4, -0.2) is 38.8 Å². The van der Waals surface area contributed by atoms with E-state index < -0.39 is 0 Å². The van der Waals surface area contributed by atoms with E-state index in [1.54, 1.807) is 30.4 Å². The molecule has 7 nitrogen and oxygen atoms in total. The van der Waals surface area contributed by atoms with Crippen LogP contribution in [0, 0.1) is 11.8 Å². The molecule has 0 bridgehead atoms. The van der Waals surface area contributed by atoms with Crippen LogP contribution in [0.5, 0.6) is 0 Å². The lowest BCUT2D eigenvalue weighted by Gasteiger charge is -2.19. The number of benzene rings is 1. The van der Waals surface area contributed by atoms with E-state index in [0.717, 1.165) is 4.90 Å². The first-order valence-electron chi connectivity index (χ1n) is 9.34. The molecule has 0 fully saturated rings. The molecule has 154 valence electrons. The lowest BCUT2D eigenvalue weighted by atomic mass is 10.3. The van der Waals surface area contributed by atoms with Crippen molar-refractivity contribution in [2.24, 2.45) is 0 Å². The van der Waals surface area contributed by atoms with Crippen LogP contribution in [0.25, 0.3) is 0 Å². The van der Waals surface area contributed by atoms with Crippen LogP contribution in [0.2, 0.25) is 0 Å². The fraction of sp³-hybridized carbons (Fsp3) is 0.227. The van der Waals surface area contributed by atoms with Gasteiger partial charge in [0.2, 0.25) is 11.8 Å². The Labute approximate surface area is 179 Å². The van der Waals surface area contributed by atoms with Crippen LogP contribution < -0.4 is 5.32 Å². The maximum atomic E-state index is 12.7. The molecule has 0 spiro atoms. The van der Waals surface area contributed by atoms with Gasteiger partial charge in [-0.3, -0.25) is 14.3 Å². The van der Waals surface area contributed by atoms with Crippen LogP contribution in [0.15, 0.2) is 70.4 Å². The molecule has 0 saturated heterocycles. The monoisotopic (exact) mass is 422 g/mol. The minimum absolute atomic E-state index is 0.0424. The first-order valence-corrected chi connectivity index (χ1v) is 10.3. The molecule has 2 aromatic heterocycles. The Kier molecular flexibility index (Phi) is 7.75. The summed E-state index contributed by atoms with van der Waals surface area (Å²) in [5.41, 5.74) is 0.549. The largest absolute Gasteiger partial charge is 0.467 e. The molecule has 0 aliphatic carbocycles. The normalized spacial score (nSPS) is 10.2. The number of carbonyl (C=O) groups is 2. The number of carbonyl (C=O) groups excluding carboxylic acids is 2. The first-order chi connectivity index (χ1) is 14.6. The van der Waals surface area contributed by atoms with E-state index in [4.69, 9.17) is 4.42 Å². The molecule has 0 radical (unpaired) electrons. The molecule has 1 N–H and O–H groups in total. The van der Waals surface area contributed by atoms with Gasteiger partial charge >= 0.3 is 0 Å². The molecule has 1 aromatic carbocycles. The summed E-state index contributed by atoms with van der Waals surface area (Å²) in [6, 6.07) is 13.3. The van der Waals surface area contributed by atoms with Gasteiger partial charge in [-0.05, 0) is 31.2 Å². The van der Waals surface area contributed by atoms with Gasteiger partial charge in [-0.2, -0.15) is 5.10 Å². The molecular formula is C22H22N4O3S. The van der Waals surface area contributed by atoms with Crippen LogP contribution in [0.1, 0.15) is 12.7 Å². The van der Waals surface area contributed by atoms with Crippen molar-refractivity contribution in [1.82, 2.24) is 14.7 Å². The highest BCUT2D eigenvalue weighted by Crippen LogP contribution is 2.17. The number of amides is 2. The second-order valence-corrected chi connectivity index (χ2v) is 7.38. The Morgan fingerprint density at radius 3 is 2.80 bits per heavy atom. The molecule has 0 aliphatic heterocycles. The Morgan fingerprint density at radius 1 is 1.23 bits per heavy atom. The van der Waals surface area contributed by atoms with Crippen molar-refractivity contribution >= 4 is 29.3 Å². The van der Waals surface area contributed by atoms with E-state index >= 15 is 0 Å². The lowest BCUT2D eigenvalue weighted by molar-refractivity contribution is -0.132. The summed E-state index contributed by atoms with van der Waals surface area (Å²) in [6.45, 7) is 2.41. The number of nitrogens with one attached hydrogen (secondary N) is 1. The third-order valence-corrected chi connectivity index (χ3v) is 5.07. The zero-order valence-corrected chi connectivity index (χ0v) is 17.4. The maximum absolute atomic E-state index is 12.7. The van der Waals surface area contributed by atoms with Gasteiger partial charge in [0.15, 0.2) is 0 Å². The maximum Gasteiger partial charge on any atom is 0.245 e. The van der Waals surface area contributed by atoms with E-state index in [9.17, 15) is 9.59 Å². The van der Waals surface area contributed by atoms with Gasteiger partial charge in [0.25, 0.3) is 0 Å². The molecule has 0 saturated carbocycles. The summed E-state index contributed by atoms with van der Waals surface area (Å²) in [5.74, 6) is 6.41. The van der Waals surface area contributed by atoms with Crippen molar-refractivity contribution in [2.75, 3.05) is 17.6 Å². The predicted molar refractivity (Wildman–Crippen MR) is 116 cm³/mol. The number of nitrogens with zero attached hydrogens (tertiary/aromatic N) is 3. The summed E-state index contributed by atoms with van der Waals surface area (Å²) < 4.78 is 6.83. The zero-order chi connectivity index (χ0) is 21.2. The fourth-order valence-electron chi connectivity index (χ4n) is 2.61. The fourth-order valence-corrected chi connectivity index (χ4v) is 3.33. The Balaban J connectivity index is 1.53. The SMILES string of the molecule is CC#CCN(Cc1ccco1)C(=O)Cn1cc(NC(=O)CSc2ccccc2)cn1. The summed E-state index contributed by atoms with van der Waals surface area (Å²) >= 11 is 1.46. The van der Waals surface area contributed by atoms with Gasteiger partial charge in [-0.15, -0.1) is 17.7 Å². The average Bonchev–Trinajstić information content (AvgIpc) is 3.42. The van der Waals surface area contributed by atoms with Gasteiger partial charge < -0.3 is 14.6 Å². The van der Waals surface area contributed by atoms with E-state index in [1.807, 2.05) is 36.4 Å². The first kappa shape index (κ1) is 21.3. The second-order valence-electron chi connectivity index (χ2n) is 6.33. The molecule has 2 amide bonds. The predicted octanol–water partition coefficient (Wildman–Crippen LogP) is 3.26. The smallest absolute Gasteiger partial charge is 0.245 e. The van der Waals surface area contributed by atoms with Crippen molar-refractivity contribution in [3.63, 3.8) is 0 Å². The van der Waals surface area contributed by atoms with E-state index in [-0.39, 0.29) is 18.4 Å². The summed E-state index contributed by atoms with van der Waals surface area (Å²) in [4.78, 5) is 27.5. The molecule has 2 heterocycles. The van der Waals surface area contributed by atoms with E-state index in [0.29, 0.717) is 30.3 Å². The number of anilines is 1. The second kappa shape index (κ2) is 10.9. The number of furan rings is 1. The number of hydrogen-bond acceptors (Lipinski definition) is 5.